The van der Waals surface area contributed by atoms with Crippen molar-refractivity contribution in [3.8, 4) is 28.3 Å². The van der Waals surface area contributed by atoms with E-state index in [1.54, 1.807) is 10.9 Å². The van der Waals surface area contributed by atoms with Gasteiger partial charge in [0.25, 0.3) is 0 Å². The summed E-state index contributed by atoms with van der Waals surface area (Å²) in [4.78, 5) is 13.0. The largest absolute Gasteiger partial charge is 0.469 e. The number of aryl methyl sites for hydroxylation is 3. The van der Waals surface area contributed by atoms with E-state index < -0.39 is 0 Å². The average molecular weight is 499 g/mol. The lowest BCUT2D eigenvalue weighted by atomic mass is 10.0. The van der Waals surface area contributed by atoms with Gasteiger partial charge < -0.3 is 14.3 Å². The smallest absolute Gasteiger partial charge is 0.236 e. The van der Waals surface area contributed by atoms with Crippen LogP contribution in [0.2, 0.25) is 0 Å². The first kappa shape index (κ1) is 23.6. The van der Waals surface area contributed by atoms with Crippen molar-refractivity contribution in [3.63, 3.8) is 0 Å². The topological polar surface area (TPSA) is 90.8 Å². The first-order valence-electron chi connectivity index (χ1n) is 11.5. The number of nitrogens with one attached hydrogen (secondary N) is 1. The number of amides is 1. The number of aromatic nitrogens is 5. The molecule has 0 saturated heterocycles. The maximum atomic E-state index is 13.0. The lowest BCUT2D eigenvalue weighted by Crippen LogP contribution is -2.17. The highest BCUT2D eigenvalue weighted by atomic mass is 32.2. The molecule has 8 nitrogen and oxygen atoms in total. The Balaban J connectivity index is 1.37. The van der Waals surface area contributed by atoms with Crippen molar-refractivity contribution in [2.24, 2.45) is 7.05 Å². The van der Waals surface area contributed by atoms with Gasteiger partial charge in [0, 0.05) is 18.7 Å². The molecule has 0 saturated carbocycles. The van der Waals surface area contributed by atoms with Gasteiger partial charge in [-0.1, -0.05) is 47.7 Å². The second-order valence-electron chi connectivity index (χ2n) is 8.57. The van der Waals surface area contributed by atoms with E-state index in [0.29, 0.717) is 16.8 Å². The van der Waals surface area contributed by atoms with E-state index in [0.717, 1.165) is 39.4 Å². The Bertz CT molecular complexity index is 1530. The van der Waals surface area contributed by atoms with Crippen LogP contribution in [0.1, 0.15) is 16.9 Å². The molecule has 3 heterocycles. The predicted octanol–water partition coefficient (Wildman–Crippen LogP) is 5.58. The molecule has 5 aromatic rings. The molecule has 0 radical (unpaired) electrons. The van der Waals surface area contributed by atoms with Gasteiger partial charge in [0.2, 0.25) is 5.91 Å². The summed E-state index contributed by atoms with van der Waals surface area (Å²) in [6, 6.07) is 19.8. The molecule has 2 aromatic carbocycles. The Morgan fingerprint density at radius 3 is 2.56 bits per heavy atom. The van der Waals surface area contributed by atoms with Gasteiger partial charge in [-0.25, -0.2) is 4.68 Å². The average Bonchev–Trinajstić information content (AvgIpc) is 3.58. The molecule has 0 fully saturated rings. The first-order valence-corrected chi connectivity index (χ1v) is 12.5. The van der Waals surface area contributed by atoms with E-state index in [4.69, 9.17) is 9.52 Å². The minimum Gasteiger partial charge on any atom is -0.469 e. The molecule has 0 aliphatic rings. The van der Waals surface area contributed by atoms with Crippen molar-refractivity contribution in [2.75, 3.05) is 11.1 Å². The summed E-state index contributed by atoms with van der Waals surface area (Å²) in [5, 5.41) is 17.0. The number of hydrogen-bond donors (Lipinski definition) is 1. The molecule has 0 unspecified atom stereocenters. The van der Waals surface area contributed by atoms with Gasteiger partial charge in [0.05, 0.1) is 29.0 Å². The van der Waals surface area contributed by atoms with E-state index in [2.05, 4.69) is 47.6 Å². The van der Waals surface area contributed by atoms with Crippen molar-refractivity contribution < 1.29 is 9.21 Å². The van der Waals surface area contributed by atoms with Crippen molar-refractivity contribution in [1.82, 2.24) is 24.5 Å². The minimum atomic E-state index is -0.159. The third-order valence-electron chi connectivity index (χ3n) is 5.91. The number of benzene rings is 2. The second kappa shape index (κ2) is 9.87. The summed E-state index contributed by atoms with van der Waals surface area (Å²) in [7, 11) is 1.88. The molecular weight excluding hydrogens is 472 g/mol. The van der Waals surface area contributed by atoms with Crippen molar-refractivity contribution in [2.45, 2.75) is 25.9 Å². The van der Waals surface area contributed by atoms with Gasteiger partial charge in [-0.15, -0.1) is 10.2 Å². The van der Waals surface area contributed by atoms with E-state index in [1.165, 1.54) is 11.8 Å². The Kier molecular flexibility index (Phi) is 6.47. The number of furan rings is 1. The van der Waals surface area contributed by atoms with Crippen molar-refractivity contribution >= 4 is 23.5 Å². The van der Waals surface area contributed by atoms with Gasteiger partial charge >= 0.3 is 0 Å². The van der Waals surface area contributed by atoms with Gasteiger partial charge in [-0.05, 0) is 50.6 Å². The highest BCUT2D eigenvalue weighted by Crippen LogP contribution is 2.29. The number of thioether (sulfide) groups is 1. The van der Waals surface area contributed by atoms with Crippen LogP contribution in [0.5, 0.6) is 0 Å². The van der Waals surface area contributed by atoms with E-state index in [1.807, 2.05) is 61.0 Å². The maximum absolute atomic E-state index is 13.0. The molecule has 182 valence electrons. The number of carbonyl (C=O) groups excluding carboxylic acids is 1. The van der Waals surface area contributed by atoms with Gasteiger partial charge in [0.1, 0.15) is 11.6 Å². The second-order valence-corrected chi connectivity index (χ2v) is 9.52. The number of para-hydroxylation sites is 1. The molecule has 0 spiro atoms. The fourth-order valence-corrected chi connectivity index (χ4v) is 4.69. The molecule has 0 bridgehead atoms. The molecule has 1 amide bonds. The molecule has 1 N–H and O–H groups in total. The molecule has 0 atom stereocenters. The fourth-order valence-electron chi connectivity index (χ4n) is 3.98. The predicted molar refractivity (Wildman–Crippen MR) is 141 cm³/mol. The standard InChI is InChI=1S/C27H26N6O2S/c1-17-10-11-18(2)22(14-17)23-15-24(33(31-23)20-8-6-5-7-9-20)28-25(34)16-36-27-30-29-26(32(27)4)21-12-13-35-19(21)3/h5-15H,16H2,1-4H3,(H,28,34). The van der Waals surface area contributed by atoms with Crippen LogP contribution < -0.4 is 5.32 Å². The van der Waals surface area contributed by atoms with Crippen LogP contribution in [0, 0.1) is 20.8 Å². The minimum absolute atomic E-state index is 0.159. The van der Waals surface area contributed by atoms with Crippen molar-refractivity contribution in [3.05, 3.63) is 83.8 Å². The zero-order valence-electron chi connectivity index (χ0n) is 20.5. The van der Waals surface area contributed by atoms with Crippen LogP contribution >= 0.6 is 11.8 Å². The van der Waals surface area contributed by atoms with E-state index in [-0.39, 0.29) is 11.7 Å². The Morgan fingerprint density at radius 1 is 1.00 bits per heavy atom. The summed E-state index contributed by atoms with van der Waals surface area (Å²) in [5.41, 5.74) is 5.86. The highest BCUT2D eigenvalue weighted by Gasteiger charge is 2.18. The quantitative estimate of drug-likeness (QED) is 0.295. The molecular formula is C27H26N6O2S. The Morgan fingerprint density at radius 2 is 1.81 bits per heavy atom. The van der Waals surface area contributed by atoms with Gasteiger partial charge in [-0.2, -0.15) is 5.10 Å². The zero-order chi connectivity index (χ0) is 25.2. The maximum Gasteiger partial charge on any atom is 0.236 e. The lowest BCUT2D eigenvalue weighted by molar-refractivity contribution is -0.113. The summed E-state index contributed by atoms with van der Waals surface area (Å²) in [6.07, 6.45) is 1.63. The highest BCUT2D eigenvalue weighted by molar-refractivity contribution is 7.99. The molecule has 0 aliphatic carbocycles. The number of hydrogen-bond acceptors (Lipinski definition) is 6. The molecule has 5 rings (SSSR count). The third kappa shape index (κ3) is 4.70. The lowest BCUT2D eigenvalue weighted by Gasteiger charge is -2.09. The molecule has 36 heavy (non-hydrogen) atoms. The number of rotatable bonds is 7. The summed E-state index contributed by atoms with van der Waals surface area (Å²) in [5.74, 6) is 2.09. The molecule has 0 aliphatic heterocycles. The zero-order valence-corrected chi connectivity index (χ0v) is 21.3. The van der Waals surface area contributed by atoms with Crippen LogP contribution in [0.25, 0.3) is 28.3 Å². The van der Waals surface area contributed by atoms with Crippen LogP contribution in [-0.4, -0.2) is 36.2 Å². The van der Waals surface area contributed by atoms with Crippen LogP contribution in [-0.2, 0) is 11.8 Å². The first-order chi connectivity index (χ1) is 17.4. The monoisotopic (exact) mass is 498 g/mol. The van der Waals surface area contributed by atoms with E-state index in [9.17, 15) is 4.79 Å². The van der Waals surface area contributed by atoms with Crippen molar-refractivity contribution in [1.29, 1.82) is 0 Å². The molecule has 9 heteroatoms. The number of anilines is 1. The summed E-state index contributed by atoms with van der Waals surface area (Å²) < 4.78 is 9.01. The van der Waals surface area contributed by atoms with Gasteiger partial charge in [-0.3, -0.25) is 4.79 Å². The third-order valence-corrected chi connectivity index (χ3v) is 6.93. The number of nitrogens with zero attached hydrogens (tertiary/aromatic N) is 5. The van der Waals surface area contributed by atoms with Crippen LogP contribution in [0.15, 0.2) is 76.5 Å². The molecule has 3 aromatic heterocycles. The summed E-state index contributed by atoms with van der Waals surface area (Å²) >= 11 is 1.32. The number of carbonyl (C=O) groups is 1. The normalized spacial score (nSPS) is 11.1. The summed E-state index contributed by atoms with van der Waals surface area (Å²) in [6.45, 7) is 6.00. The van der Waals surface area contributed by atoms with Gasteiger partial charge in [0.15, 0.2) is 11.0 Å². The Labute approximate surface area is 213 Å². The van der Waals surface area contributed by atoms with Crippen LogP contribution in [0.4, 0.5) is 5.82 Å². The Hall–Kier alpha value is -4.11. The fraction of sp³-hybridized carbons (Fsp3) is 0.185. The van der Waals surface area contributed by atoms with E-state index >= 15 is 0 Å². The SMILES string of the molecule is Cc1ccc(C)c(-c2cc(NC(=O)CSc3nnc(-c4ccoc4C)n3C)n(-c3ccccc3)n2)c1. The van der Waals surface area contributed by atoms with Crippen LogP contribution in [0.3, 0.4) is 0 Å².